The lowest BCUT2D eigenvalue weighted by molar-refractivity contribution is -0.137. The number of amides is 2. The lowest BCUT2D eigenvalue weighted by Gasteiger charge is -2.36. The van der Waals surface area contributed by atoms with Gasteiger partial charge in [-0.2, -0.15) is 13.2 Å². The van der Waals surface area contributed by atoms with Crippen LogP contribution in [0.25, 0.3) is 0 Å². The number of hydrogen-bond acceptors (Lipinski definition) is 3. The summed E-state index contributed by atoms with van der Waals surface area (Å²) in [5, 5.41) is 11.7. The zero-order valence-electron chi connectivity index (χ0n) is 15.1. The highest BCUT2D eigenvalue weighted by molar-refractivity contribution is 5.81. The van der Waals surface area contributed by atoms with E-state index >= 15 is 0 Å². The topological polar surface area (TPSA) is 72.9 Å². The number of carbonyl (C=O) groups excluding carboxylic acids is 1. The minimum atomic E-state index is -4.35. The van der Waals surface area contributed by atoms with Crippen LogP contribution in [0.15, 0.2) is 24.3 Å². The van der Waals surface area contributed by atoms with E-state index < -0.39 is 17.8 Å². The van der Waals surface area contributed by atoms with Gasteiger partial charge in [-0.25, -0.2) is 4.79 Å². The Morgan fingerprint density at radius 3 is 2.52 bits per heavy atom. The summed E-state index contributed by atoms with van der Waals surface area (Å²) in [6.07, 6.45) is -3.80. The standard InChI is InChI=1S/C18H24F3N3O3/c1-22-16(25)12-24(17(26)27)15-6-9-23(10-7-15)8-5-13-3-2-4-14(11-13)18(19,20)21/h2-4,11,15H,5-10,12H2,1H3,(H,22,25)(H,26,27). The quantitative estimate of drug-likeness (QED) is 0.787. The fourth-order valence-electron chi connectivity index (χ4n) is 3.23. The first-order valence-corrected chi connectivity index (χ1v) is 8.79. The molecule has 2 N–H and O–H groups in total. The summed E-state index contributed by atoms with van der Waals surface area (Å²) in [5.41, 5.74) is -0.0243. The number of carboxylic acid groups (broad SMARTS) is 1. The maximum absolute atomic E-state index is 12.8. The Morgan fingerprint density at radius 2 is 1.96 bits per heavy atom. The SMILES string of the molecule is CNC(=O)CN(C(=O)O)C1CCN(CCc2cccc(C(F)(F)F)c2)CC1. The Balaban J connectivity index is 1.85. The van der Waals surface area contributed by atoms with Gasteiger partial charge in [0, 0.05) is 32.7 Å². The summed E-state index contributed by atoms with van der Waals surface area (Å²) in [6.45, 7) is 1.69. The van der Waals surface area contributed by atoms with Crippen LogP contribution in [0.3, 0.4) is 0 Å². The third-order valence-corrected chi connectivity index (χ3v) is 4.81. The summed E-state index contributed by atoms with van der Waals surface area (Å²) in [6, 6.07) is 5.08. The molecule has 9 heteroatoms. The first-order chi connectivity index (χ1) is 12.7. The largest absolute Gasteiger partial charge is 0.465 e. The first kappa shape index (κ1) is 21.0. The summed E-state index contributed by atoms with van der Waals surface area (Å²) in [5.74, 6) is -0.357. The molecular formula is C18H24F3N3O3. The Labute approximate surface area is 155 Å². The minimum Gasteiger partial charge on any atom is -0.465 e. The molecule has 6 nitrogen and oxygen atoms in total. The molecule has 1 aliphatic rings. The molecule has 1 fully saturated rings. The van der Waals surface area contributed by atoms with Gasteiger partial charge in [0.05, 0.1) is 5.56 Å². The third kappa shape index (κ3) is 6.13. The van der Waals surface area contributed by atoms with Crippen LogP contribution in [0.4, 0.5) is 18.0 Å². The molecule has 0 spiro atoms. The van der Waals surface area contributed by atoms with Crippen molar-refractivity contribution in [1.82, 2.24) is 15.1 Å². The number of halogens is 3. The Bertz CT molecular complexity index is 659. The molecule has 0 unspecified atom stereocenters. The van der Waals surface area contributed by atoms with Crippen molar-refractivity contribution in [2.75, 3.05) is 33.2 Å². The number of piperidine rings is 1. The molecule has 1 aromatic carbocycles. The smallest absolute Gasteiger partial charge is 0.416 e. The van der Waals surface area contributed by atoms with Crippen molar-refractivity contribution >= 4 is 12.0 Å². The van der Waals surface area contributed by atoms with Crippen LogP contribution in [0, 0.1) is 0 Å². The Morgan fingerprint density at radius 1 is 1.30 bits per heavy atom. The molecule has 1 aliphatic heterocycles. The third-order valence-electron chi connectivity index (χ3n) is 4.81. The Kier molecular flexibility index (Phi) is 7.06. The van der Waals surface area contributed by atoms with Crippen molar-refractivity contribution in [1.29, 1.82) is 0 Å². The van der Waals surface area contributed by atoms with E-state index in [1.165, 1.54) is 19.2 Å². The van der Waals surface area contributed by atoms with Gasteiger partial charge in [-0.05, 0) is 30.9 Å². The number of nitrogens with one attached hydrogen (secondary N) is 1. The highest BCUT2D eigenvalue weighted by atomic mass is 19.4. The summed E-state index contributed by atoms with van der Waals surface area (Å²) >= 11 is 0. The number of rotatable bonds is 6. The molecule has 0 atom stereocenters. The monoisotopic (exact) mass is 387 g/mol. The number of alkyl halides is 3. The fourth-order valence-corrected chi connectivity index (χ4v) is 3.23. The molecule has 0 bridgehead atoms. The number of likely N-dealkylation sites (tertiary alicyclic amines) is 1. The van der Waals surface area contributed by atoms with Crippen LogP contribution < -0.4 is 5.32 Å². The summed E-state index contributed by atoms with van der Waals surface area (Å²) in [4.78, 5) is 26.1. The summed E-state index contributed by atoms with van der Waals surface area (Å²) in [7, 11) is 1.46. The molecule has 150 valence electrons. The zero-order chi connectivity index (χ0) is 20.0. The Hall–Kier alpha value is -2.29. The predicted molar refractivity (Wildman–Crippen MR) is 93.4 cm³/mol. The second-order valence-corrected chi connectivity index (χ2v) is 6.60. The van der Waals surface area contributed by atoms with Gasteiger partial charge in [0.15, 0.2) is 0 Å². The molecule has 0 radical (unpaired) electrons. The van der Waals surface area contributed by atoms with Gasteiger partial charge in [-0.1, -0.05) is 18.2 Å². The average Bonchev–Trinajstić information content (AvgIpc) is 2.64. The van der Waals surface area contributed by atoms with Gasteiger partial charge in [-0.3, -0.25) is 9.69 Å². The number of carbonyl (C=O) groups is 2. The van der Waals surface area contributed by atoms with Crippen LogP contribution in [0.1, 0.15) is 24.0 Å². The lowest BCUT2D eigenvalue weighted by atomic mass is 10.0. The molecule has 0 aliphatic carbocycles. The van der Waals surface area contributed by atoms with Crippen LogP contribution in [-0.2, 0) is 17.4 Å². The van der Waals surface area contributed by atoms with Crippen molar-refractivity contribution in [2.24, 2.45) is 0 Å². The maximum Gasteiger partial charge on any atom is 0.416 e. The normalized spacial score (nSPS) is 16.1. The number of nitrogens with zero attached hydrogens (tertiary/aromatic N) is 2. The maximum atomic E-state index is 12.8. The van der Waals surface area contributed by atoms with E-state index in [-0.39, 0.29) is 18.5 Å². The van der Waals surface area contributed by atoms with E-state index in [4.69, 9.17) is 0 Å². The van der Waals surface area contributed by atoms with Crippen molar-refractivity contribution in [2.45, 2.75) is 31.5 Å². The zero-order valence-corrected chi connectivity index (χ0v) is 15.1. The molecular weight excluding hydrogens is 363 g/mol. The molecule has 2 amide bonds. The molecule has 0 saturated carbocycles. The number of benzene rings is 1. The number of hydrogen-bond donors (Lipinski definition) is 2. The first-order valence-electron chi connectivity index (χ1n) is 8.79. The van der Waals surface area contributed by atoms with Crippen LogP contribution >= 0.6 is 0 Å². The highest BCUT2D eigenvalue weighted by Gasteiger charge is 2.31. The lowest BCUT2D eigenvalue weighted by Crippen LogP contribution is -2.50. The van der Waals surface area contributed by atoms with Gasteiger partial charge >= 0.3 is 12.3 Å². The van der Waals surface area contributed by atoms with Crippen LogP contribution in [0.5, 0.6) is 0 Å². The van der Waals surface area contributed by atoms with E-state index in [0.29, 0.717) is 44.5 Å². The summed E-state index contributed by atoms with van der Waals surface area (Å²) < 4.78 is 38.3. The molecule has 2 rings (SSSR count). The fraction of sp³-hybridized carbons (Fsp3) is 0.556. The van der Waals surface area contributed by atoms with E-state index in [2.05, 4.69) is 10.2 Å². The van der Waals surface area contributed by atoms with Gasteiger partial charge in [0.25, 0.3) is 0 Å². The van der Waals surface area contributed by atoms with E-state index in [9.17, 15) is 27.9 Å². The second-order valence-electron chi connectivity index (χ2n) is 6.60. The van der Waals surface area contributed by atoms with Crippen molar-refractivity contribution in [3.05, 3.63) is 35.4 Å². The molecule has 1 heterocycles. The molecule has 0 aromatic heterocycles. The minimum absolute atomic E-state index is 0.194. The van der Waals surface area contributed by atoms with Gasteiger partial charge in [-0.15, -0.1) is 0 Å². The predicted octanol–water partition coefficient (Wildman–Crippen LogP) is 2.44. The van der Waals surface area contributed by atoms with Gasteiger partial charge in [0.1, 0.15) is 6.54 Å². The van der Waals surface area contributed by atoms with E-state index in [1.54, 1.807) is 6.07 Å². The molecule has 1 saturated heterocycles. The highest BCUT2D eigenvalue weighted by Crippen LogP contribution is 2.29. The van der Waals surface area contributed by atoms with Crippen molar-refractivity contribution < 1.29 is 27.9 Å². The average molecular weight is 387 g/mol. The van der Waals surface area contributed by atoms with E-state index in [0.717, 1.165) is 11.0 Å². The molecule has 1 aromatic rings. The number of likely N-dealkylation sites (N-methyl/N-ethyl adjacent to an activating group) is 1. The van der Waals surface area contributed by atoms with Gasteiger partial charge in [0.2, 0.25) is 5.91 Å². The second kappa shape index (κ2) is 9.07. The van der Waals surface area contributed by atoms with Crippen LogP contribution in [0.2, 0.25) is 0 Å². The van der Waals surface area contributed by atoms with E-state index in [1.807, 2.05) is 0 Å². The molecule has 27 heavy (non-hydrogen) atoms. The van der Waals surface area contributed by atoms with Crippen LogP contribution in [-0.4, -0.2) is 66.2 Å². The van der Waals surface area contributed by atoms with Crippen molar-refractivity contribution in [3.8, 4) is 0 Å². The van der Waals surface area contributed by atoms with Crippen molar-refractivity contribution in [3.63, 3.8) is 0 Å². The van der Waals surface area contributed by atoms with Gasteiger partial charge < -0.3 is 15.3 Å².